The van der Waals surface area contributed by atoms with E-state index in [1.807, 2.05) is 0 Å². The molecule has 0 radical (unpaired) electrons. The molecule has 0 aliphatic carbocycles. The van der Waals surface area contributed by atoms with Crippen molar-refractivity contribution in [3.05, 3.63) is 70.8 Å². The lowest BCUT2D eigenvalue weighted by molar-refractivity contribution is -0.288. The van der Waals surface area contributed by atoms with Gasteiger partial charge >= 0.3 is 12.4 Å². The molecule has 0 atom stereocenters. The summed E-state index contributed by atoms with van der Waals surface area (Å²) in [5.74, 6) is -0.405. The molecule has 0 aromatic heterocycles. The van der Waals surface area contributed by atoms with Gasteiger partial charge in [-0.05, 0) is 34.1 Å². The van der Waals surface area contributed by atoms with Crippen LogP contribution in [0.3, 0.4) is 0 Å². The second kappa shape index (κ2) is 7.21. The summed E-state index contributed by atoms with van der Waals surface area (Å²) in [6.45, 7) is 6.89. The summed E-state index contributed by atoms with van der Waals surface area (Å²) in [4.78, 5) is 0. The van der Waals surface area contributed by atoms with Gasteiger partial charge in [-0.1, -0.05) is 76.2 Å². The fourth-order valence-electron chi connectivity index (χ4n) is 3.24. The van der Waals surface area contributed by atoms with Gasteiger partial charge in [0.25, 0.3) is 0 Å². The number of benzene rings is 2. The smallest absolute Gasteiger partial charge is 0.169 e. The predicted octanol–water partition coefficient (Wildman–Crippen LogP) is 7.34. The average molecular weight is 388 g/mol. The highest BCUT2D eigenvalue weighted by molar-refractivity contribution is 5.47. The SMILES string of the molecule is CC(C)c1cccc(C(c2cccc(C(C)C)c2)(C(F)(F)F)C(F)(F)F)c1. The Morgan fingerprint density at radius 3 is 1.19 bits per heavy atom. The molecular formula is C21H22F6. The number of alkyl halides is 6. The van der Waals surface area contributed by atoms with Gasteiger partial charge in [-0.2, -0.15) is 26.3 Å². The lowest BCUT2D eigenvalue weighted by Gasteiger charge is -2.39. The molecule has 2 aromatic rings. The van der Waals surface area contributed by atoms with Crippen LogP contribution in [0.4, 0.5) is 26.3 Å². The van der Waals surface area contributed by atoms with E-state index in [2.05, 4.69) is 0 Å². The largest absolute Gasteiger partial charge is 0.411 e. The summed E-state index contributed by atoms with van der Waals surface area (Å²) >= 11 is 0. The second-order valence-corrected chi connectivity index (χ2v) is 7.31. The minimum atomic E-state index is -5.56. The van der Waals surface area contributed by atoms with Crippen LogP contribution in [0.25, 0.3) is 0 Å². The molecule has 0 bridgehead atoms. The Morgan fingerprint density at radius 2 is 0.926 bits per heavy atom. The van der Waals surface area contributed by atoms with Crippen molar-refractivity contribution in [2.75, 3.05) is 0 Å². The normalized spacial score (nSPS) is 13.5. The van der Waals surface area contributed by atoms with Gasteiger partial charge < -0.3 is 0 Å². The van der Waals surface area contributed by atoms with Crippen LogP contribution in [0.15, 0.2) is 48.5 Å². The van der Waals surface area contributed by atoms with Crippen molar-refractivity contribution in [1.82, 2.24) is 0 Å². The molecular weight excluding hydrogens is 366 g/mol. The van der Waals surface area contributed by atoms with E-state index in [9.17, 15) is 26.3 Å². The molecule has 0 aliphatic heterocycles. The van der Waals surface area contributed by atoms with Crippen molar-refractivity contribution in [2.24, 2.45) is 0 Å². The third-order valence-electron chi connectivity index (χ3n) is 4.82. The summed E-state index contributed by atoms with van der Waals surface area (Å²) in [6, 6.07) is 9.45. The molecule has 0 saturated heterocycles. The van der Waals surface area contributed by atoms with E-state index in [1.165, 1.54) is 24.3 Å². The van der Waals surface area contributed by atoms with Crippen LogP contribution in [-0.2, 0) is 5.41 Å². The van der Waals surface area contributed by atoms with Crippen molar-refractivity contribution in [1.29, 1.82) is 0 Å². The Balaban J connectivity index is 2.92. The van der Waals surface area contributed by atoms with Crippen LogP contribution in [-0.4, -0.2) is 12.4 Å². The van der Waals surface area contributed by atoms with Crippen molar-refractivity contribution in [3.63, 3.8) is 0 Å². The lowest BCUT2D eigenvalue weighted by Crippen LogP contribution is -2.54. The van der Waals surface area contributed by atoms with Gasteiger partial charge in [0, 0.05) is 0 Å². The Bertz CT molecular complexity index is 716. The van der Waals surface area contributed by atoms with Gasteiger partial charge in [-0.3, -0.25) is 0 Å². The zero-order valence-corrected chi connectivity index (χ0v) is 15.5. The monoisotopic (exact) mass is 388 g/mol. The van der Waals surface area contributed by atoms with Crippen molar-refractivity contribution < 1.29 is 26.3 Å². The highest BCUT2D eigenvalue weighted by atomic mass is 19.4. The van der Waals surface area contributed by atoms with Gasteiger partial charge in [-0.15, -0.1) is 0 Å². The highest BCUT2D eigenvalue weighted by Gasteiger charge is 2.72. The van der Waals surface area contributed by atoms with Crippen LogP contribution in [0, 0.1) is 0 Å². The Labute approximate surface area is 155 Å². The molecule has 148 valence electrons. The number of rotatable bonds is 4. The number of hydrogen-bond donors (Lipinski definition) is 0. The van der Waals surface area contributed by atoms with Crippen LogP contribution in [0.1, 0.15) is 61.8 Å². The Hall–Kier alpha value is -1.98. The van der Waals surface area contributed by atoms with Gasteiger partial charge in [0.15, 0.2) is 0 Å². The highest BCUT2D eigenvalue weighted by Crippen LogP contribution is 2.56. The maximum absolute atomic E-state index is 14.2. The lowest BCUT2D eigenvalue weighted by atomic mass is 9.71. The predicted molar refractivity (Wildman–Crippen MR) is 94.0 cm³/mol. The molecule has 0 spiro atoms. The van der Waals surface area contributed by atoms with E-state index in [0.29, 0.717) is 11.1 Å². The van der Waals surface area contributed by atoms with E-state index in [1.54, 1.807) is 27.7 Å². The summed E-state index contributed by atoms with van der Waals surface area (Å²) in [6.07, 6.45) is -11.1. The molecule has 0 aliphatic rings. The first kappa shape index (κ1) is 21.3. The fourth-order valence-corrected chi connectivity index (χ4v) is 3.24. The van der Waals surface area contributed by atoms with E-state index in [-0.39, 0.29) is 11.8 Å². The number of hydrogen-bond acceptors (Lipinski definition) is 0. The zero-order chi connectivity index (χ0) is 20.6. The van der Waals surface area contributed by atoms with Gasteiger partial charge in [0.1, 0.15) is 0 Å². The molecule has 0 unspecified atom stereocenters. The summed E-state index contributed by atoms with van der Waals surface area (Å²) in [5, 5.41) is 0. The van der Waals surface area contributed by atoms with E-state index in [4.69, 9.17) is 0 Å². The van der Waals surface area contributed by atoms with Crippen molar-refractivity contribution in [3.8, 4) is 0 Å². The summed E-state index contributed by atoms with van der Waals surface area (Å²) in [5.41, 5.74) is -4.87. The maximum atomic E-state index is 14.2. The number of halogens is 6. The van der Waals surface area contributed by atoms with Crippen molar-refractivity contribution >= 4 is 0 Å². The van der Waals surface area contributed by atoms with Gasteiger partial charge in [-0.25, -0.2) is 0 Å². The molecule has 2 aromatic carbocycles. The topological polar surface area (TPSA) is 0 Å². The second-order valence-electron chi connectivity index (χ2n) is 7.31. The van der Waals surface area contributed by atoms with Crippen LogP contribution >= 0.6 is 0 Å². The molecule has 0 saturated carbocycles. The molecule has 0 fully saturated rings. The van der Waals surface area contributed by atoms with E-state index >= 15 is 0 Å². The Kier molecular flexibility index (Phi) is 5.69. The third kappa shape index (κ3) is 3.71. The molecule has 0 heterocycles. The fraction of sp³-hybridized carbons (Fsp3) is 0.429. The average Bonchev–Trinajstić information content (AvgIpc) is 2.53. The first-order chi connectivity index (χ1) is 12.3. The van der Waals surface area contributed by atoms with Crippen LogP contribution in [0.2, 0.25) is 0 Å². The Morgan fingerprint density at radius 1 is 0.593 bits per heavy atom. The van der Waals surface area contributed by atoms with Gasteiger partial charge in [0.2, 0.25) is 5.41 Å². The first-order valence-electron chi connectivity index (χ1n) is 8.66. The molecule has 2 rings (SSSR count). The van der Waals surface area contributed by atoms with Crippen LogP contribution < -0.4 is 0 Å². The van der Waals surface area contributed by atoms with E-state index in [0.717, 1.165) is 24.3 Å². The minimum Gasteiger partial charge on any atom is -0.169 e. The maximum Gasteiger partial charge on any atom is 0.411 e. The van der Waals surface area contributed by atoms with Crippen molar-refractivity contribution in [2.45, 2.75) is 57.3 Å². The third-order valence-corrected chi connectivity index (χ3v) is 4.82. The van der Waals surface area contributed by atoms with E-state index < -0.39 is 28.9 Å². The van der Waals surface area contributed by atoms with Crippen LogP contribution in [0.5, 0.6) is 0 Å². The zero-order valence-electron chi connectivity index (χ0n) is 15.5. The first-order valence-corrected chi connectivity index (χ1v) is 8.66. The van der Waals surface area contributed by atoms with Gasteiger partial charge in [0.05, 0.1) is 0 Å². The molecule has 0 N–H and O–H groups in total. The standard InChI is InChI=1S/C21H22F6/c1-13(2)15-7-5-9-17(11-15)19(20(22,23)24,21(25,26)27)18-10-6-8-16(12-18)14(3)4/h5-14H,1-4H3. The molecule has 27 heavy (non-hydrogen) atoms. The molecule has 0 nitrogen and oxygen atoms in total. The molecule has 6 heteroatoms. The minimum absolute atomic E-state index is 0.203. The quantitative estimate of drug-likeness (QED) is 0.481. The summed E-state index contributed by atoms with van der Waals surface area (Å²) in [7, 11) is 0. The summed E-state index contributed by atoms with van der Waals surface area (Å²) < 4.78 is 85.1. The molecule has 0 amide bonds.